The number of nitrogens with zero attached hydrogens (tertiary/aromatic N) is 1. The minimum Gasteiger partial charge on any atom is -0.294 e. The van der Waals surface area contributed by atoms with Crippen molar-refractivity contribution in [3.8, 4) is 0 Å². The molecule has 13 unspecified atom stereocenters. The van der Waals surface area contributed by atoms with Gasteiger partial charge in [-0.2, -0.15) is 0 Å². The van der Waals surface area contributed by atoms with Crippen LogP contribution < -0.4 is 0 Å². The van der Waals surface area contributed by atoms with Crippen LogP contribution in [0.5, 0.6) is 0 Å². The lowest BCUT2D eigenvalue weighted by molar-refractivity contribution is -0.0913. The Morgan fingerprint density at radius 1 is 0.267 bits per heavy atom. The SMILES string of the molecule is C1CCC(C2CCC(N(C3CCC4CC5CCCC(C6CC7CCCCC7C6)C5C4C3)C3CCCC4C3C3CCCCC3C4(C3CCCCC3)C3CCCCC3)CC2)CC1. The van der Waals surface area contributed by atoms with E-state index in [1.54, 1.807) is 244 Å². The minimum atomic E-state index is 0.726. The van der Waals surface area contributed by atoms with Crippen LogP contribution in [0.4, 0.5) is 0 Å². The van der Waals surface area contributed by atoms with Gasteiger partial charge in [0, 0.05) is 18.1 Å². The zero-order valence-corrected chi connectivity index (χ0v) is 39.5. The summed E-state index contributed by atoms with van der Waals surface area (Å²) in [4.78, 5) is 3.64. The third-order valence-corrected chi connectivity index (χ3v) is 24.6. The fraction of sp³-hybridized carbons (Fsp3) is 1.00. The lowest BCUT2D eigenvalue weighted by atomic mass is 9.48. The largest absolute Gasteiger partial charge is 0.294 e. The van der Waals surface area contributed by atoms with Crippen LogP contribution in [0.1, 0.15) is 250 Å². The predicted octanol–water partition coefficient (Wildman–Crippen LogP) is 16.6. The smallest absolute Gasteiger partial charge is 0.0135 e. The molecule has 338 valence electrons. The average Bonchev–Trinajstić information content (AvgIpc) is 4.01. The molecule has 12 aliphatic rings. The van der Waals surface area contributed by atoms with E-state index in [1.807, 2.05) is 0 Å². The van der Waals surface area contributed by atoms with Crippen LogP contribution in [-0.4, -0.2) is 23.0 Å². The van der Waals surface area contributed by atoms with Crippen LogP contribution in [0, 0.1) is 100 Å². The monoisotopic (exact) mass is 820 g/mol. The summed E-state index contributed by atoms with van der Waals surface area (Å²) >= 11 is 0. The van der Waals surface area contributed by atoms with E-state index in [9.17, 15) is 0 Å². The first-order valence-electron chi connectivity index (χ1n) is 29.5. The number of rotatable bonds is 7. The molecule has 12 aliphatic carbocycles. The Labute approximate surface area is 372 Å². The van der Waals surface area contributed by atoms with Crippen LogP contribution in [0.25, 0.3) is 0 Å². The van der Waals surface area contributed by atoms with Gasteiger partial charge in [-0.3, -0.25) is 4.90 Å². The van der Waals surface area contributed by atoms with Crippen LogP contribution >= 0.6 is 0 Å². The molecule has 12 fully saturated rings. The van der Waals surface area contributed by atoms with Gasteiger partial charge in [0.2, 0.25) is 0 Å². The maximum atomic E-state index is 3.64. The molecule has 1 heteroatoms. The van der Waals surface area contributed by atoms with Gasteiger partial charge in [-0.15, -0.1) is 0 Å². The molecule has 12 saturated carbocycles. The quantitative estimate of drug-likeness (QED) is 0.247. The van der Waals surface area contributed by atoms with Gasteiger partial charge in [0.05, 0.1) is 0 Å². The van der Waals surface area contributed by atoms with E-state index in [0.717, 1.165) is 118 Å². The van der Waals surface area contributed by atoms with E-state index in [-0.39, 0.29) is 0 Å². The van der Waals surface area contributed by atoms with Gasteiger partial charge >= 0.3 is 0 Å². The van der Waals surface area contributed by atoms with Crippen molar-refractivity contribution in [1.29, 1.82) is 0 Å². The number of hydrogen-bond acceptors (Lipinski definition) is 1. The fourth-order valence-electron chi connectivity index (χ4n) is 22.9. The maximum absolute atomic E-state index is 3.64. The Bertz CT molecular complexity index is 1360. The Morgan fingerprint density at radius 3 is 1.48 bits per heavy atom. The lowest BCUT2D eigenvalue weighted by Gasteiger charge is -2.58. The summed E-state index contributed by atoms with van der Waals surface area (Å²) in [6.07, 6.45) is 62.3. The van der Waals surface area contributed by atoms with Gasteiger partial charge in [-0.25, -0.2) is 0 Å². The summed E-state index contributed by atoms with van der Waals surface area (Å²) < 4.78 is 0. The van der Waals surface area contributed by atoms with E-state index in [0.29, 0.717) is 0 Å². The van der Waals surface area contributed by atoms with E-state index >= 15 is 0 Å². The van der Waals surface area contributed by atoms with E-state index in [4.69, 9.17) is 0 Å². The van der Waals surface area contributed by atoms with E-state index in [1.165, 1.54) is 6.42 Å². The number of hydrogen-bond donors (Lipinski definition) is 0. The topological polar surface area (TPSA) is 3.24 Å². The van der Waals surface area contributed by atoms with Crippen LogP contribution in [-0.2, 0) is 0 Å². The molecule has 0 saturated heterocycles. The molecule has 12 rings (SSSR count). The highest BCUT2D eigenvalue weighted by Crippen LogP contribution is 2.73. The first kappa shape index (κ1) is 41.4. The molecule has 0 amide bonds. The maximum Gasteiger partial charge on any atom is 0.0135 e. The molecular weight excluding hydrogens is 723 g/mol. The Kier molecular flexibility index (Phi) is 12.4. The molecule has 0 spiro atoms. The molecule has 1 nitrogen and oxygen atoms in total. The van der Waals surface area contributed by atoms with Crippen molar-refractivity contribution in [2.75, 3.05) is 0 Å². The predicted molar refractivity (Wildman–Crippen MR) is 252 cm³/mol. The van der Waals surface area contributed by atoms with Crippen LogP contribution in [0.15, 0.2) is 0 Å². The van der Waals surface area contributed by atoms with Gasteiger partial charge in [0.15, 0.2) is 0 Å². The molecule has 0 bridgehead atoms. The standard InChI is InChI=1S/C59H97N/c1-4-16-40(17-5-1)41-30-33-49(34-31-41)60(50-35-32-44-38-45-20-14-26-51(57(45)53(44)39-50)46-36-42-18-10-11-19-43(42)37-46)56-29-15-28-55-58(56)52-25-12-13-27-54(52)59(55,47-21-6-2-7-22-47)48-23-8-3-9-24-48/h40-58H,1-39H2. The minimum absolute atomic E-state index is 0.726. The van der Waals surface area contributed by atoms with Crippen molar-refractivity contribution in [2.24, 2.45) is 100 Å². The Morgan fingerprint density at radius 2 is 0.767 bits per heavy atom. The van der Waals surface area contributed by atoms with Crippen LogP contribution in [0.3, 0.4) is 0 Å². The molecule has 0 aromatic carbocycles. The first-order chi connectivity index (χ1) is 29.8. The van der Waals surface area contributed by atoms with E-state index in [2.05, 4.69) is 4.90 Å². The zero-order valence-electron chi connectivity index (χ0n) is 39.5. The third kappa shape index (κ3) is 7.26. The van der Waals surface area contributed by atoms with Gasteiger partial charge < -0.3 is 0 Å². The fourth-order valence-corrected chi connectivity index (χ4v) is 22.9. The zero-order chi connectivity index (χ0) is 39.6. The van der Waals surface area contributed by atoms with Gasteiger partial charge in [0.25, 0.3) is 0 Å². The van der Waals surface area contributed by atoms with Crippen LogP contribution in [0.2, 0.25) is 0 Å². The molecule has 0 aromatic rings. The molecule has 0 N–H and O–H groups in total. The molecule has 13 atom stereocenters. The molecule has 60 heavy (non-hydrogen) atoms. The second kappa shape index (κ2) is 18.0. The summed E-state index contributed by atoms with van der Waals surface area (Å²) in [7, 11) is 0. The normalized spacial score (nSPS) is 49.1. The second-order valence-electron chi connectivity index (χ2n) is 26.4. The highest BCUT2D eigenvalue weighted by molar-refractivity contribution is 5.17. The van der Waals surface area contributed by atoms with E-state index < -0.39 is 0 Å². The van der Waals surface area contributed by atoms with Gasteiger partial charge in [-0.05, 0) is 222 Å². The number of fused-ring (bicyclic) bond motifs is 7. The van der Waals surface area contributed by atoms with Gasteiger partial charge in [-0.1, -0.05) is 128 Å². The van der Waals surface area contributed by atoms with Crippen molar-refractivity contribution < 1.29 is 0 Å². The molecule has 0 aliphatic heterocycles. The summed E-state index contributed by atoms with van der Waals surface area (Å²) in [5.74, 6) is 17.6. The summed E-state index contributed by atoms with van der Waals surface area (Å²) in [6.45, 7) is 0. The highest BCUT2D eigenvalue weighted by atomic mass is 15.2. The Balaban J connectivity index is 0.877. The molecule has 0 heterocycles. The van der Waals surface area contributed by atoms with Gasteiger partial charge in [0.1, 0.15) is 0 Å². The highest BCUT2D eigenvalue weighted by Gasteiger charge is 2.67. The third-order valence-electron chi connectivity index (χ3n) is 24.6. The Hall–Kier alpha value is -0.0400. The summed E-state index contributed by atoms with van der Waals surface area (Å²) in [6, 6.07) is 2.80. The summed E-state index contributed by atoms with van der Waals surface area (Å²) in [5.41, 5.74) is 0.726. The lowest BCUT2D eigenvalue weighted by Crippen LogP contribution is -2.58. The second-order valence-corrected chi connectivity index (χ2v) is 26.4. The molecular formula is C59H97N. The molecule has 0 aromatic heterocycles. The summed E-state index contributed by atoms with van der Waals surface area (Å²) in [5, 5.41) is 0. The molecule has 0 radical (unpaired) electrons. The first-order valence-corrected chi connectivity index (χ1v) is 29.5. The van der Waals surface area contributed by atoms with Crippen molar-refractivity contribution in [3.05, 3.63) is 0 Å². The average molecular weight is 820 g/mol. The van der Waals surface area contributed by atoms with Crippen molar-refractivity contribution >= 4 is 0 Å². The van der Waals surface area contributed by atoms with Crippen molar-refractivity contribution in [1.82, 2.24) is 4.90 Å². The van der Waals surface area contributed by atoms with Crippen molar-refractivity contribution in [3.63, 3.8) is 0 Å². The van der Waals surface area contributed by atoms with Crippen molar-refractivity contribution in [2.45, 2.75) is 269 Å².